The number of halogens is 1. The number of sulfonamides is 1. The van der Waals surface area contributed by atoms with Crippen molar-refractivity contribution >= 4 is 43.9 Å². The van der Waals surface area contributed by atoms with Crippen molar-refractivity contribution in [3.63, 3.8) is 0 Å². The van der Waals surface area contributed by atoms with E-state index < -0.39 is 10.0 Å². The molecule has 0 spiro atoms. The van der Waals surface area contributed by atoms with Gasteiger partial charge in [0.1, 0.15) is 5.76 Å². The highest BCUT2D eigenvalue weighted by Gasteiger charge is 2.13. The molecule has 3 rings (SSSR count). The van der Waals surface area contributed by atoms with E-state index in [1.807, 2.05) is 38.1 Å². The van der Waals surface area contributed by atoms with Crippen LogP contribution in [0.25, 0.3) is 0 Å². The van der Waals surface area contributed by atoms with Crippen molar-refractivity contribution in [1.29, 1.82) is 0 Å². The second kappa shape index (κ2) is 8.33. The van der Waals surface area contributed by atoms with Crippen LogP contribution in [-0.2, 0) is 10.0 Å². The SMILES string of the molecule is Cc1ccc(Sc2oc(/C=N\NS(=O)(=O)c3ccc(C)cc3)cc2Br)cc1. The number of aryl methyl sites for hydroxylation is 2. The zero-order chi connectivity index (χ0) is 19.4. The van der Waals surface area contributed by atoms with Crippen LogP contribution in [0.2, 0.25) is 0 Å². The number of nitrogens with zero attached hydrogens (tertiary/aromatic N) is 1. The number of rotatable bonds is 6. The van der Waals surface area contributed by atoms with Gasteiger partial charge in [0, 0.05) is 11.0 Å². The molecule has 1 aromatic heterocycles. The molecule has 0 aliphatic heterocycles. The predicted octanol–water partition coefficient (Wildman–Crippen LogP) is 5.12. The van der Waals surface area contributed by atoms with Crippen LogP contribution in [0.5, 0.6) is 0 Å². The van der Waals surface area contributed by atoms with Gasteiger partial charge in [-0.3, -0.25) is 0 Å². The van der Waals surface area contributed by atoms with Crippen LogP contribution in [0.4, 0.5) is 0 Å². The Morgan fingerprint density at radius 2 is 1.63 bits per heavy atom. The van der Waals surface area contributed by atoms with Gasteiger partial charge in [-0.1, -0.05) is 47.2 Å². The molecule has 8 heteroatoms. The van der Waals surface area contributed by atoms with Crippen LogP contribution in [-0.4, -0.2) is 14.6 Å². The van der Waals surface area contributed by atoms with E-state index >= 15 is 0 Å². The number of nitrogens with one attached hydrogen (secondary N) is 1. The number of hydrogen-bond donors (Lipinski definition) is 1. The predicted molar refractivity (Wildman–Crippen MR) is 111 cm³/mol. The molecule has 1 heterocycles. The van der Waals surface area contributed by atoms with Gasteiger partial charge < -0.3 is 4.42 Å². The fourth-order valence-corrected chi connectivity index (χ4v) is 4.27. The fourth-order valence-electron chi connectivity index (χ4n) is 2.15. The molecule has 0 atom stereocenters. The summed E-state index contributed by atoms with van der Waals surface area (Å²) in [5.41, 5.74) is 2.17. The second-order valence-electron chi connectivity index (χ2n) is 5.87. The van der Waals surface area contributed by atoms with Gasteiger partial charge in [0.15, 0.2) is 5.09 Å². The molecule has 0 saturated carbocycles. The van der Waals surface area contributed by atoms with Crippen LogP contribution in [0, 0.1) is 13.8 Å². The van der Waals surface area contributed by atoms with Gasteiger partial charge in [0.05, 0.1) is 15.6 Å². The minimum Gasteiger partial charge on any atom is -0.447 e. The highest BCUT2D eigenvalue weighted by atomic mass is 79.9. The molecule has 2 aromatic carbocycles. The molecular weight excluding hydrogens is 448 g/mol. The van der Waals surface area contributed by atoms with Crippen molar-refractivity contribution in [1.82, 2.24) is 4.83 Å². The van der Waals surface area contributed by atoms with Crippen molar-refractivity contribution in [3.05, 3.63) is 76.0 Å². The van der Waals surface area contributed by atoms with E-state index in [9.17, 15) is 8.42 Å². The molecule has 0 unspecified atom stereocenters. The summed E-state index contributed by atoms with van der Waals surface area (Å²) >= 11 is 4.92. The Morgan fingerprint density at radius 1 is 1.04 bits per heavy atom. The molecule has 0 fully saturated rings. The lowest BCUT2D eigenvalue weighted by Gasteiger charge is -2.03. The van der Waals surface area contributed by atoms with E-state index in [-0.39, 0.29) is 4.90 Å². The van der Waals surface area contributed by atoms with Gasteiger partial charge in [-0.15, -0.1) is 0 Å². The van der Waals surface area contributed by atoms with Crippen LogP contribution in [0.1, 0.15) is 16.9 Å². The molecular formula is C19H17BrN2O3S2. The van der Waals surface area contributed by atoms with Gasteiger partial charge in [-0.25, -0.2) is 0 Å². The summed E-state index contributed by atoms with van der Waals surface area (Å²) in [6.45, 7) is 3.92. The molecule has 0 radical (unpaired) electrons. The summed E-state index contributed by atoms with van der Waals surface area (Å²) in [5.74, 6) is 0.433. The summed E-state index contributed by atoms with van der Waals surface area (Å²) in [5, 5.41) is 4.47. The molecule has 140 valence electrons. The van der Waals surface area contributed by atoms with E-state index in [4.69, 9.17) is 4.42 Å². The van der Waals surface area contributed by atoms with Crippen molar-refractivity contribution in [2.75, 3.05) is 0 Å². The summed E-state index contributed by atoms with van der Waals surface area (Å²) < 4.78 is 30.9. The van der Waals surface area contributed by atoms with Gasteiger partial charge in [0.2, 0.25) is 0 Å². The number of furan rings is 1. The molecule has 0 aliphatic carbocycles. The highest BCUT2D eigenvalue weighted by molar-refractivity contribution is 9.10. The standard InChI is InChI=1S/C19H17BrN2O3S2/c1-13-3-7-16(8-4-13)26-19-18(20)11-15(25-19)12-21-22-27(23,24)17-9-5-14(2)6-10-17/h3-12,22H,1-2H3/b21-12-. The first-order chi connectivity index (χ1) is 12.8. The Hall–Kier alpha value is -2.03. The quantitative estimate of drug-likeness (QED) is 0.405. The fraction of sp³-hybridized carbons (Fsp3) is 0.105. The number of benzene rings is 2. The largest absolute Gasteiger partial charge is 0.447 e. The van der Waals surface area contributed by atoms with Crippen molar-refractivity contribution in [2.24, 2.45) is 5.10 Å². The summed E-state index contributed by atoms with van der Waals surface area (Å²) in [6.07, 6.45) is 1.33. The van der Waals surface area contributed by atoms with E-state index in [1.54, 1.807) is 18.2 Å². The summed E-state index contributed by atoms with van der Waals surface area (Å²) in [7, 11) is -3.71. The van der Waals surface area contributed by atoms with Crippen molar-refractivity contribution < 1.29 is 12.8 Å². The molecule has 0 amide bonds. The molecule has 3 aromatic rings. The maximum atomic E-state index is 12.2. The average molecular weight is 465 g/mol. The van der Waals surface area contributed by atoms with E-state index in [2.05, 4.69) is 25.9 Å². The van der Waals surface area contributed by atoms with Gasteiger partial charge in [-0.05, 0) is 54.0 Å². The number of hydrazone groups is 1. The van der Waals surface area contributed by atoms with Gasteiger partial charge in [-0.2, -0.15) is 18.4 Å². The zero-order valence-corrected chi connectivity index (χ0v) is 17.9. The molecule has 0 aliphatic rings. The van der Waals surface area contributed by atoms with Crippen LogP contribution >= 0.6 is 27.7 Å². The Morgan fingerprint density at radius 3 is 2.26 bits per heavy atom. The van der Waals surface area contributed by atoms with Crippen LogP contribution in [0.3, 0.4) is 0 Å². The first kappa shape index (κ1) is 19.7. The first-order valence-corrected chi connectivity index (χ1v) is 11.1. The second-order valence-corrected chi connectivity index (χ2v) is 9.43. The van der Waals surface area contributed by atoms with E-state index in [0.29, 0.717) is 10.9 Å². The Bertz CT molecular complexity index is 1060. The Balaban J connectivity index is 1.69. The van der Waals surface area contributed by atoms with Crippen molar-refractivity contribution in [2.45, 2.75) is 28.7 Å². The third-order valence-corrected chi connectivity index (χ3v) is 6.69. The van der Waals surface area contributed by atoms with Crippen LogP contribution in [0.15, 0.2) is 83.5 Å². The first-order valence-electron chi connectivity index (χ1n) is 7.99. The molecule has 0 bridgehead atoms. The third kappa shape index (κ3) is 5.24. The number of hydrogen-bond acceptors (Lipinski definition) is 5. The van der Waals surface area contributed by atoms with Crippen molar-refractivity contribution in [3.8, 4) is 0 Å². The molecule has 5 nitrogen and oxygen atoms in total. The highest BCUT2D eigenvalue weighted by Crippen LogP contribution is 2.35. The smallest absolute Gasteiger partial charge is 0.276 e. The molecule has 1 N–H and O–H groups in total. The van der Waals surface area contributed by atoms with Gasteiger partial charge >= 0.3 is 0 Å². The monoisotopic (exact) mass is 464 g/mol. The van der Waals surface area contributed by atoms with E-state index in [0.717, 1.165) is 14.9 Å². The molecule has 0 saturated heterocycles. The van der Waals surface area contributed by atoms with Gasteiger partial charge in [0.25, 0.3) is 10.0 Å². The minimum absolute atomic E-state index is 0.154. The third-order valence-electron chi connectivity index (χ3n) is 3.60. The van der Waals surface area contributed by atoms with Crippen LogP contribution < -0.4 is 4.83 Å². The lowest BCUT2D eigenvalue weighted by atomic mass is 10.2. The topological polar surface area (TPSA) is 71.7 Å². The zero-order valence-electron chi connectivity index (χ0n) is 14.6. The summed E-state index contributed by atoms with van der Waals surface area (Å²) in [4.78, 5) is 3.38. The van der Waals surface area contributed by atoms with E-state index in [1.165, 1.54) is 35.7 Å². The minimum atomic E-state index is -3.71. The lowest BCUT2D eigenvalue weighted by Crippen LogP contribution is -2.18. The normalized spacial score (nSPS) is 11.8. The lowest BCUT2D eigenvalue weighted by molar-refractivity contribution is 0.466. The molecule has 27 heavy (non-hydrogen) atoms. The maximum absolute atomic E-state index is 12.2. The Kier molecular flexibility index (Phi) is 6.08. The summed E-state index contributed by atoms with van der Waals surface area (Å²) in [6, 6.07) is 16.4. The Labute approximate surface area is 171 Å². The average Bonchev–Trinajstić information content (AvgIpc) is 2.96. The maximum Gasteiger partial charge on any atom is 0.276 e.